The summed E-state index contributed by atoms with van der Waals surface area (Å²) in [6.07, 6.45) is 3.95. The first-order valence-corrected chi connectivity index (χ1v) is 11.4. The molecule has 0 unspecified atom stereocenters. The Morgan fingerprint density at radius 1 is 1.18 bits per heavy atom. The number of halogens is 3. The third-order valence-corrected chi connectivity index (χ3v) is 6.46. The summed E-state index contributed by atoms with van der Waals surface area (Å²) in [6, 6.07) is 1.10. The van der Waals surface area contributed by atoms with E-state index in [0.29, 0.717) is 17.9 Å². The smallest absolute Gasteiger partial charge is 0.268 e. The summed E-state index contributed by atoms with van der Waals surface area (Å²) in [5.74, 6) is -2.58. The molecule has 1 aliphatic rings. The van der Waals surface area contributed by atoms with Crippen LogP contribution in [0.25, 0.3) is 0 Å². The van der Waals surface area contributed by atoms with Crippen molar-refractivity contribution in [1.82, 2.24) is 19.9 Å². The summed E-state index contributed by atoms with van der Waals surface area (Å²) in [7, 11) is -1.50. The van der Waals surface area contributed by atoms with Crippen molar-refractivity contribution in [3.63, 3.8) is 0 Å². The molecule has 3 aromatic rings. The molecular formula is C19H18ClF2N7O3S. The zero-order valence-corrected chi connectivity index (χ0v) is 19.0. The van der Waals surface area contributed by atoms with E-state index in [9.17, 15) is 12.8 Å². The second-order valence-electron chi connectivity index (χ2n) is 6.97. The molecule has 1 aliphatic heterocycles. The van der Waals surface area contributed by atoms with E-state index >= 15 is 4.39 Å². The summed E-state index contributed by atoms with van der Waals surface area (Å²) in [4.78, 5) is 16.9. The lowest BCUT2D eigenvalue weighted by Gasteiger charge is -2.30. The SMILES string of the molecule is CNc1ncc2c(n1)CCN(c1c(F)cnc(NS(=O)(=O)c3cc(Cl)cnc3OC)c1F)C2. The Morgan fingerprint density at radius 2 is 1.97 bits per heavy atom. The third-order valence-electron chi connectivity index (χ3n) is 4.92. The van der Waals surface area contributed by atoms with Crippen LogP contribution in [0, 0.1) is 11.6 Å². The van der Waals surface area contributed by atoms with Gasteiger partial charge in [0.05, 0.1) is 24.0 Å². The fourth-order valence-corrected chi connectivity index (χ4v) is 4.76. The highest BCUT2D eigenvalue weighted by atomic mass is 35.5. The van der Waals surface area contributed by atoms with E-state index < -0.39 is 38.1 Å². The van der Waals surface area contributed by atoms with Gasteiger partial charge in [0.15, 0.2) is 22.3 Å². The molecule has 0 aliphatic carbocycles. The maximum absolute atomic E-state index is 15.3. The lowest BCUT2D eigenvalue weighted by atomic mass is 10.1. The van der Waals surface area contributed by atoms with Crippen LogP contribution < -0.4 is 19.7 Å². The normalized spacial score (nSPS) is 13.4. The fourth-order valence-electron chi connectivity index (χ4n) is 3.38. The predicted molar refractivity (Wildman–Crippen MR) is 117 cm³/mol. The highest BCUT2D eigenvalue weighted by molar-refractivity contribution is 7.92. The van der Waals surface area contributed by atoms with Gasteiger partial charge in [0.25, 0.3) is 10.0 Å². The molecule has 0 atom stereocenters. The molecule has 174 valence electrons. The van der Waals surface area contributed by atoms with Gasteiger partial charge >= 0.3 is 0 Å². The van der Waals surface area contributed by atoms with Crippen molar-refractivity contribution in [3.05, 3.63) is 52.6 Å². The van der Waals surface area contributed by atoms with Crippen LogP contribution in [0.5, 0.6) is 5.88 Å². The number of aromatic nitrogens is 4. The lowest BCUT2D eigenvalue weighted by molar-refractivity contribution is 0.385. The van der Waals surface area contributed by atoms with Crippen molar-refractivity contribution in [1.29, 1.82) is 0 Å². The Hall–Kier alpha value is -3.32. The van der Waals surface area contributed by atoms with Crippen LogP contribution in [0.2, 0.25) is 5.02 Å². The number of fused-ring (bicyclic) bond motifs is 1. The topological polar surface area (TPSA) is 122 Å². The number of pyridine rings is 2. The zero-order valence-electron chi connectivity index (χ0n) is 17.4. The van der Waals surface area contributed by atoms with E-state index in [1.165, 1.54) is 18.2 Å². The highest BCUT2D eigenvalue weighted by Gasteiger charge is 2.29. The van der Waals surface area contributed by atoms with Gasteiger partial charge < -0.3 is 15.0 Å². The molecule has 33 heavy (non-hydrogen) atoms. The maximum atomic E-state index is 15.3. The maximum Gasteiger partial charge on any atom is 0.268 e. The van der Waals surface area contributed by atoms with Gasteiger partial charge in [-0.05, 0) is 6.07 Å². The number of hydrogen-bond acceptors (Lipinski definition) is 9. The fraction of sp³-hybridized carbons (Fsp3) is 0.263. The van der Waals surface area contributed by atoms with Gasteiger partial charge in [0.1, 0.15) is 5.69 Å². The van der Waals surface area contributed by atoms with Crippen LogP contribution in [0.1, 0.15) is 11.3 Å². The molecule has 0 radical (unpaired) electrons. The Bertz CT molecular complexity index is 1330. The number of ether oxygens (including phenoxy) is 1. The van der Waals surface area contributed by atoms with Crippen LogP contribution in [-0.4, -0.2) is 49.1 Å². The lowest BCUT2D eigenvalue weighted by Crippen LogP contribution is -2.33. The van der Waals surface area contributed by atoms with Crippen molar-refractivity contribution < 1.29 is 21.9 Å². The van der Waals surface area contributed by atoms with E-state index in [0.717, 1.165) is 18.0 Å². The first-order chi connectivity index (χ1) is 15.7. The van der Waals surface area contributed by atoms with Gasteiger partial charge in [-0.3, -0.25) is 4.72 Å². The summed E-state index contributed by atoms with van der Waals surface area (Å²) in [5.41, 5.74) is 1.05. The number of sulfonamides is 1. The third kappa shape index (κ3) is 4.46. The molecule has 0 saturated carbocycles. The molecule has 4 heterocycles. The Balaban J connectivity index is 1.67. The molecule has 10 nitrogen and oxygen atoms in total. The standard InChI is InChI=1S/C19H18ClF2N7O3S/c1-23-19-26-6-10-9-29(4-3-13(10)27-19)16-12(21)8-24-17(15(16)22)28-33(30,31)14-5-11(20)7-25-18(14)32-2/h5-8H,3-4,9H2,1-2H3,(H,24,28)(H,23,26,27). The minimum absolute atomic E-state index is 0.0278. The number of hydrogen-bond donors (Lipinski definition) is 2. The van der Waals surface area contributed by atoms with Gasteiger partial charge in [0.2, 0.25) is 11.8 Å². The average Bonchev–Trinajstić information content (AvgIpc) is 2.80. The molecule has 0 aromatic carbocycles. The quantitative estimate of drug-likeness (QED) is 0.529. The minimum atomic E-state index is -4.41. The molecule has 14 heteroatoms. The van der Waals surface area contributed by atoms with Gasteiger partial charge in [0, 0.05) is 44.5 Å². The summed E-state index contributed by atoms with van der Waals surface area (Å²) >= 11 is 5.85. The van der Waals surface area contributed by atoms with E-state index in [2.05, 4.69) is 25.3 Å². The Morgan fingerprint density at radius 3 is 2.70 bits per heavy atom. The summed E-state index contributed by atoms with van der Waals surface area (Å²) in [6.45, 7) is 0.388. The summed E-state index contributed by atoms with van der Waals surface area (Å²) < 4.78 is 62.7. The molecule has 2 N–H and O–H groups in total. The van der Waals surface area contributed by atoms with Crippen LogP contribution in [0.4, 0.5) is 26.2 Å². The van der Waals surface area contributed by atoms with E-state index in [1.54, 1.807) is 13.2 Å². The second kappa shape index (κ2) is 8.90. The van der Waals surface area contributed by atoms with Crippen molar-refractivity contribution in [2.24, 2.45) is 0 Å². The zero-order chi connectivity index (χ0) is 23.8. The second-order valence-corrected chi connectivity index (χ2v) is 9.06. The van der Waals surface area contributed by atoms with Crippen molar-refractivity contribution in [2.75, 3.05) is 35.6 Å². The van der Waals surface area contributed by atoms with Crippen LogP contribution in [-0.2, 0) is 23.0 Å². The van der Waals surface area contributed by atoms with Gasteiger partial charge in [-0.1, -0.05) is 11.6 Å². The van der Waals surface area contributed by atoms with Crippen molar-refractivity contribution in [2.45, 2.75) is 17.9 Å². The van der Waals surface area contributed by atoms with E-state index in [4.69, 9.17) is 16.3 Å². The van der Waals surface area contributed by atoms with Crippen LogP contribution in [0.15, 0.2) is 29.6 Å². The molecule has 3 aromatic heterocycles. The van der Waals surface area contributed by atoms with Crippen molar-refractivity contribution >= 4 is 39.1 Å². The monoisotopic (exact) mass is 497 g/mol. The highest BCUT2D eigenvalue weighted by Crippen LogP contribution is 2.33. The van der Waals surface area contributed by atoms with Crippen LogP contribution in [0.3, 0.4) is 0 Å². The first-order valence-electron chi connectivity index (χ1n) is 9.57. The minimum Gasteiger partial charge on any atom is -0.480 e. The molecular weight excluding hydrogens is 480 g/mol. The Kier molecular flexibility index (Phi) is 6.17. The molecule has 0 fully saturated rings. The molecule has 0 saturated heterocycles. The van der Waals surface area contributed by atoms with E-state index in [-0.39, 0.29) is 24.0 Å². The number of methoxy groups -OCH3 is 1. The van der Waals surface area contributed by atoms with Gasteiger partial charge in [-0.15, -0.1) is 0 Å². The average molecular weight is 498 g/mol. The van der Waals surface area contributed by atoms with Crippen molar-refractivity contribution in [3.8, 4) is 5.88 Å². The predicted octanol–water partition coefficient (Wildman–Crippen LogP) is 2.61. The largest absolute Gasteiger partial charge is 0.480 e. The van der Waals surface area contributed by atoms with Gasteiger partial charge in [-0.2, -0.15) is 0 Å². The first kappa shape index (κ1) is 22.9. The number of nitrogens with one attached hydrogen (secondary N) is 2. The van der Waals surface area contributed by atoms with Gasteiger partial charge in [-0.25, -0.2) is 37.1 Å². The molecule has 0 spiro atoms. The number of nitrogens with zero attached hydrogens (tertiary/aromatic N) is 5. The van der Waals surface area contributed by atoms with Crippen LogP contribution >= 0.6 is 11.6 Å². The van der Waals surface area contributed by atoms with E-state index in [1.807, 2.05) is 4.72 Å². The molecule has 0 amide bonds. The summed E-state index contributed by atoms with van der Waals surface area (Å²) in [5, 5.41) is 2.87. The molecule has 0 bridgehead atoms. The molecule has 4 rings (SSSR count). The number of rotatable bonds is 6. The Labute approximate surface area is 193 Å². The number of anilines is 3.